The molecule has 4 nitrogen and oxygen atoms in total. The van der Waals surface area contributed by atoms with Crippen LogP contribution in [0.3, 0.4) is 0 Å². The normalized spacial score (nSPS) is 23.6. The largest absolute Gasteiger partial charge is 0.382 e. The van der Waals surface area contributed by atoms with Crippen molar-refractivity contribution in [3.8, 4) is 0 Å². The molecule has 5 heteroatoms. The monoisotopic (exact) mass is 310 g/mol. The van der Waals surface area contributed by atoms with Gasteiger partial charge in [0.1, 0.15) is 0 Å². The molecule has 0 bridgehead atoms. The molecule has 0 heterocycles. The summed E-state index contributed by atoms with van der Waals surface area (Å²) < 4.78 is 26.4. The SMILES string of the molecule is CNS(=O)(=O)c1cc(NC2CCCC(C)CC2)ccc1C. The van der Waals surface area contributed by atoms with Gasteiger partial charge in [-0.3, -0.25) is 0 Å². The number of nitrogens with one attached hydrogen (secondary N) is 2. The van der Waals surface area contributed by atoms with Crippen molar-refractivity contribution < 1.29 is 8.42 Å². The maximum atomic E-state index is 12.0. The Hall–Kier alpha value is -1.07. The number of hydrogen-bond donors (Lipinski definition) is 2. The van der Waals surface area contributed by atoms with E-state index in [1.807, 2.05) is 19.1 Å². The van der Waals surface area contributed by atoms with Crippen LogP contribution in [0.4, 0.5) is 5.69 Å². The maximum absolute atomic E-state index is 12.0. The van der Waals surface area contributed by atoms with E-state index >= 15 is 0 Å². The quantitative estimate of drug-likeness (QED) is 0.839. The molecule has 21 heavy (non-hydrogen) atoms. The molecular weight excluding hydrogens is 284 g/mol. The Bertz CT molecular complexity index is 584. The van der Waals surface area contributed by atoms with Gasteiger partial charge in [-0.25, -0.2) is 13.1 Å². The number of anilines is 1. The number of benzene rings is 1. The highest BCUT2D eigenvalue weighted by atomic mass is 32.2. The molecule has 1 saturated carbocycles. The Balaban J connectivity index is 2.16. The van der Waals surface area contributed by atoms with Crippen LogP contribution in [0.25, 0.3) is 0 Å². The lowest BCUT2D eigenvalue weighted by Gasteiger charge is -2.19. The first-order valence-electron chi connectivity index (χ1n) is 7.73. The fourth-order valence-corrected chi connectivity index (χ4v) is 3.95. The van der Waals surface area contributed by atoms with E-state index in [0.29, 0.717) is 10.9 Å². The molecule has 2 unspecified atom stereocenters. The van der Waals surface area contributed by atoms with Crippen molar-refractivity contribution >= 4 is 15.7 Å². The zero-order valence-electron chi connectivity index (χ0n) is 13.1. The van der Waals surface area contributed by atoms with E-state index in [9.17, 15) is 8.42 Å². The van der Waals surface area contributed by atoms with E-state index in [4.69, 9.17) is 0 Å². The van der Waals surface area contributed by atoms with Crippen LogP contribution in [0.15, 0.2) is 23.1 Å². The van der Waals surface area contributed by atoms with Crippen molar-refractivity contribution in [1.29, 1.82) is 0 Å². The third-order valence-corrected chi connectivity index (χ3v) is 5.93. The van der Waals surface area contributed by atoms with E-state index in [1.165, 1.54) is 26.3 Å². The molecule has 0 aliphatic heterocycles. The summed E-state index contributed by atoms with van der Waals surface area (Å²) in [6.45, 7) is 4.13. The van der Waals surface area contributed by atoms with Gasteiger partial charge in [0, 0.05) is 11.7 Å². The standard InChI is InChI=1S/C16H26N2O2S/c1-12-5-4-6-14(9-7-12)18-15-10-8-13(2)16(11-15)21(19,20)17-3/h8,10-12,14,17-18H,4-7,9H2,1-3H3. The molecule has 1 fully saturated rings. The van der Waals surface area contributed by atoms with Crippen LogP contribution in [-0.2, 0) is 10.0 Å². The summed E-state index contributed by atoms with van der Waals surface area (Å²) in [4.78, 5) is 0.358. The summed E-state index contributed by atoms with van der Waals surface area (Å²) in [7, 11) is -1.95. The lowest BCUT2D eigenvalue weighted by atomic mass is 10.0. The summed E-state index contributed by atoms with van der Waals surface area (Å²) in [6.07, 6.45) is 6.10. The Morgan fingerprint density at radius 1 is 1.14 bits per heavy atom. The van der Waals surface area contributed by atoms with Crippen molar-refractivity contribution in [2.24, 2.45) is 5.92 Å². The third-order valence-electron chi connectivity index (χ3n) is 4.37. The van der Waals surface area contributed by atoms with Crippen LogP contribution in [0.2, 0.25) is 0 Å². The number of rotatable bonds is 4. The average molecular weight is 310 g/mol. The van der Waals surface area contributed by atoms with Crippen molar-refractivity contribution in [3.63, 3.8) is 0 Å². The number of aryl methyl sites for hydroxylation is 1. The topological polar surface area (TPSA) is 58.2 Å². The zero-order valence-corrected chi connectivity index (χ0v) is 14.0. The van der Waals surface area contributed by atoms with Gasteiger partial charge in [0.2, 0.25) is 10.0 Å². The molecule has 1 aromatic rings. The molecule has 1 aromatic carbocycles. The van der Waals surface area contributed by atoms with Crippen LogP contribution < -0.4 is 10.0 Å². The summed E-state index contributed by atoms with van der Waals surface area (Å²) >= 11 is 0. The van der Waals surface area contributed by atoms with E-state index < -0.39 is 10.0 Å². The van der Waals surface area contributed by atoms with Gasteiger partial charge in [-0.2, -0.15) is 0 Å². The Morgan fingerprint density at radius 2 is 1.90 bits per heavy atom. The van der Waals surface area contributed by atoms with Gasteiger partial charge in [-0.1, -0.05) is 25.8 Å². The highest BCUT2D eigenvalue weighted by Crippen LogP contribution is 2.26. The average Bonchev–Trinajstić information content (AvgIpc) is 2.66. The van der Waals surface area contributed by atoms with Crippen molar-refractivity contribution in [1.82, 2.24) is 4.72 Å². The van der Waals surface area contributed by atoms with Crippen LogP contribution in [0.5, 0.6) is 0 Å². The van der Waals surface area contributed by atoms with Crippen LogP contribution >= 0.6 is 0 Å². The van der Waals surface area contributed by atoms with Crippen LogP contribution in [-0.4, -0.2) is 21.5 Å². The van der Waals surface area contributed by atoms with Crippen LogP contribution in [0, 0.1) is 12.8 Å². The minimum atomic E-state index is -3.40. The van der Waals surface area contributed by atoms with Gasteiger partial charge >= 0.3 is 0 Å². The number of sulfonamides is 1. The summed E-state index contributed by atoms with van der Waals surface area (Å²) in [6, 6.07) is 6.03. The fraction of sp³-hybridized carbons (Fsp3) is 0.625. The summed E-state index contributed by atoms with van der Waals surface area (Å²) in [5.41, 5.74) is 1.67. The lowest BCUT2D eigenvalue weighted by molar-refractivity contribution is 0.502. The first kappa shape index (κ1) is 16.3. The molecule has 2 N–H and O–H groups in total. The molecule has 0 radical (unpaired) electrons. The molecule has 2 rings (SSSR count). The predicted molar refractivity (Wildman–Crippen MR) is 87.1 cm³/mol. The summed E-state index contributed by atoms with van der Waals surface area (Å²) in [5.74, 6) is 0.801. The van der Waals surface area contributed by atoms with E-state index in [-0.39, 0.29) is 0 Å². The van der Waals surface area contributed by atoms with Gasteiger partial charge in [0.15, 0.2) is 0 Å². The molecule has 118 valence electrons. The second-order valence-corrected chi connectivity index (χ2v) is 8.00. The molecule has 0 spiro atoms. The third kappa shape index (κ3) is 4.20. The molecule has 1 aliphatic rings. The maximum Gasteiger partial charge on any atom is 0.240 e. The van der Waals surface area contributed by atoms with Crippen molar-refractivity contribution in [2.45, 2.75) is 56.9 Å². The van der Waals surface area contributed by atoms with Gasteiger partial charge < -0.3 is 5.32 Å². The van der Waals surface area contributed by atoms with E-state index in [2.05, 4.69) is 17.0 Å². The Labute approximate surface area is 128 Å². The van der Waals surface area contributed by atoms with Crippen molar-refractivity contribution in [3.05, 3.63) is 23.8 Å². The van der Waals surface area contributed by atoms with Gasteiger partial charge in [0.05, 0.1) is 4.90 Å². The molecule has 1 aliphatic carbocycles. The summed E-state index contributed by atoms with van der Waals surface area (Å²) in [5, 5.41) is 3.51. The number of hydrogen-bond acceptors (Lipinski definition) is 3. The lowest BCUT2D eigenvalue weighted by Crippen LogP contribution is -2.21. The minimum absolute atomic E-state index is 0.358. The van der Waals surface area contributed by atoms with Crippen molar-refractivity contribution in [2.75, 3.05) is 12.4 Å². The molecule has 0 aromatic heterocycles. The first-order valence-corrected chi connectivity index (χ1v) is 9.21. The smallest absolute Gasteiger partial charge is 0.240 e. The second kappa shape index (κ2) is 6.79. The fourth-order valence-electron chi connectivity index (χ4n) is 2.96. The van der Waals surface area contributed by atoms with Gasteiger partial charge in [-0.15, -0.1) is 0 Å². The van der Waals surface area contributed by atoms with E-state index in [1.54, 1.807) is 6.07 Å². The van der Waals surface area contributed by atoms with Crippen LogP contribution in [0.1, 0.15) is 44.6 Å². The first-order chi connectivity index (χ1) is 9.92. The molecule has 0 amide bonds. The Kier molecular flexibility index (Phi) is 5.27. The predicted octanol–water partition coefficient (Wildman–Crippen LogP) is 3.28. The zero-order chi connectivity index (χ0) is 15.5. The molecule has 0 saturated heterocycles. The van der Waals surface area contributed by atoms with E-state index in [0.717, 1.165) is 30.0 Å². The highest BCUT2D eigenvalue weighted by Gasteiger charge is 2.18. The van der Waals surface area contributed by atoms with Gasteiger partial charge in [-0.05, 0) is 56.8 Å². The second-order valence-electron chi connectivity index (χ2n) is 6.14. The minimum Gasteiger partial charge on any atom is -0.382 e. The molecular formula is C16H26N2O2S. The molecule has 2 atom stereocenters. The Morgan fingerprint density at radius 3 is 2.62 bits per heavy atom. The van der Waals surface area contributed by atoms with Gasteiger partial charge in [0.25, 0.3) is 0 Å². The highest BCUT2D eigenvalue weighted by molar-refractivity contribution is 7.89.